The Kier molecular flexibility index (Phi) is 5.61. The summed E-state index contributed by atoms with van der Waals surface area (Å²) in [6.45, 7) is 5.11. The summed E-state index contributed by atoms with van der Waals surface area (Å²) in [5.74, 6) is 0.642. The Balaban J connectivity index is 0.00000162. The fraction of sp³-hybridized carbons (Fsp3) is 0.500. The van der Waals surface area contributed by atoms with Gasteiger partial charge in [0.15, 0.2) is 0 Å². The Morgan fingerprint density at radius 3 is 2.56 bits per heavy atom. The number of hydrogen-bond donors (Lipinski definition) is 1. The van der Waals surface area contributed by atoms with Crippen molar-refractivity contribution in [2.75, 3.05) is 13.1 Å². The molecular formula is C14H20ClN3. The molecule has 18 heavy (non-hydrogen) atoms. The number of hydrogen-bond acceptors (Lipinski definition) is 3. The van der Waals surface area contributed by atoms with Gasteiger partial charge in [0.2, 0.25) is 0 Å². The molecule has 0 saturated carbocycles. The highest BCUT2D eigenvalue weighted by atomic mass is 35.5. The smallest absolute Gasteiger partial charge is 0.0991 e. The first-order valence-corrected chi connectivity index (χ1v) is 6.16. The molecule has 0 bridgehead atoms. The lowest BCUT2D eigenvalue weighted by molar-refractivity contribution is 0.256. The number of nitrogens with two attached hydrogens (primary N) is 1. The van der Waals surface area contributed by atoms with Crippen LogP contribution in [0.4, 0.5) is 0 Å². The highest BCUT2D eigenvalue weighted by Crippen LogP contribution is 2.24. The minimum atomic E-state index is 0. The fourth-order valence-electron chi connectivity index (χ4n) is 2.53. The van der Waals surface area contributed by atoms with Crippen LogP contribution in [-0.2, 0) is 6.54 Å². The summed E-state index contributed by atoms with van der Waals surface area (Å²) in [4.78, 5) is 2.47. The molecule has 1 aliphatic rings. The van der Waals surface area contributed by atoms with Crippen LogP contribution in [0.5, 0.6) is 0 Å². The summed E-state index contributed by atoms with van der Waals surface area (Å²) in [6, 6.07) is 10.6. The molecule has 2 atom stereocenters. The molecule has 0 radical (unpaired) electrons. The SMILES string of the molecule is CC1CC(CN)CN1Cc1ccc(C#N)cc1.Cl. The van der Waals surface area contributed by atoms with Gasteiger partial charge in [0.1, 0.15) is 0 Å². The molecule has 1 fully saturated rings. The van der Waals surface area contributed by atoms with E-state index in [1.54, 1.807) is 0 Å². The Labute approximate surface area is 115 Å². The van der Waals surface area contributed by atoms with E-state index in [4.69, 9.17) is 11.0 Å². The molecule has 1 aromatic rings. The van der Waals surface area contributed by atoms with Gasteiger partial charge < -0.3 is 5.73 Å². The number of nitrogens with zero attached hydrogens (tertiary/aromatic N) is 2. The maximum absolute atomic E-state index is 8.75. The molecule has 2 unspecified atom stereocenters. The van der Waals surface area contributed by atoms with Gasteiger partial charge in [-0.1, -0.05) is 12.1 Å². The van der Waals surface area contributed by atoms with Crippen LogP contribution in [0, 0.1) is 17.2 Å². The van der Waals surface area contributed by atoms with E-state index in [1.807, 2.05) is 24.3 Å². The van der Waals surface area contributed by atoms with Crippen LogP contribution in [0.15, 0.2) is 24.3 Å². The van der Waals surface area contributed by atoms with Gasteiger partial charge in [0.05, 0.1) is 11.6 Å². The number of rotatable bonds is 3. The van der Waals surface area contributed by atoms with Crippen LogP contribution in [-0.4, -0.2) is 24.0 Å². The number of benzene rings is 1. The lowest BCUT2D eigenvalue weighted by atomic mass is 10.1. The van der Waals surface area contributed by atoms with E-state index >= 15 is 0 Å². The van der Waals surface area contributed by atoms with Crippen LogP contribution in [0.1, 0.15) is 24.5 Å². The monoisotopic (exact) mass is 265 g/mol. The minimum absolute atomic E-state index is 0. The normalized spacial score (nSPS) is 23.4. The van der Waals surface area contributed by atoms with E-state index in [-0.39, 0.29) is 12.4 Å². The lowest BCUT2D eigenvalue weighted by Gasteiger charge is -2.21. The topological polar surface area (TPSA) is 53.0 Å². The first kappa shape index (κ1) is 15.0. The predicted octanol–water partition coefficient (Wildman–Crippen LogP) is 2.15. The first-order chi connectivity index (χ1) is 8.22. The van der Waals surface area contributed by atoms with Crippen molar-refractivity contribution in [3.63, 3.8) is 0 Å². The molecule has 0 amide bonds. The van der Waals surface area contributed by atoms with Gasteiger partial charge in [-0.25, -0.2) is 0 Å². The second-order valence-corrected chi connectivity index (χ2v) is 4.92. The van der Waals surface area contributed by atoms with Crippen molar-refractivity contribution in [3.05, 3.63) is 35.4 Å². The summed E-state index contributed by atoms with van der Waals surface area (Å²) >= 11 is 0. The molecule has 4 heteroatoms. The molecule has 98 valence electrons. The summed E-state index contributed by atoms with van der Waals surface area (Å²) in [5.41, 5.74) is 7.72. The molecule has 1 aliphatic heterocycles. The molecule has 1 saturated heterocycles. The molecule has 2 rings (SSSR count). The second-order valence-electron chi connectivity index (χ2n) is 4.92. The third-order valence-corrected chi connectivity index (χ3v) is 3.59. The molecule has 0 aromatic heterocycles. The number of halogens is 1. The first-order valence-electron chi connectivity index (χ1n) is 6.16. The average molecular weight is 266 g/mol. The van der Waals surface area contributed by atoms with Crippen LogP contribution >= 0.6 is 12.4 Å². The second kappa shape index (κ2) is 6.75. The van der Waals surface area contributed by atoms with E-state index in [0.717, 1.165) is 25.2 Å². The zero-order valence-electron chi connectivity index (χ0n) is 10.7. The van der Waals surface area contributed by atoms with Crippen LogP contribution in [0.25, 0.3) is 0 Å². The standard InChI is InChI=1S/C14H19N3.ClH/c1-11-6-14(8-16)10-17(11)9-13-4-2-12(7-15)3-5-13;/h2-5,11,14H,6,8-10,16H2,1H3;1H. The van der Waals surface area contributed by atoms with E-state index in [9.17, 15) is 0 Å². The van der Waals surface area contributed by atoms with Crippen LogP contribution in [0.2, 0.25) is 0 Å². The van der Waals surface area contributed by atoms with Crippen LogP contribution < -0.4 is 5.73 Å². The van der Waals surface area contributed by atoms with Crippen molar-refractivity contribution < 1.29 is 0 Å². The third kappa shape index (κ3) is 3.46. The Morgan fingerprint density at radius 2 is 2.06 bits per heavy atom. The van der Waals surface area contributed by atoms with Crippen molar-refractivity contribution in [1.82, 2.24) is 4.90 Å². The zero-order valence-corrected chi connectivity index (χ0v) is 11.5. The van der Waals surface area contributed by atoms with Crippen molar-refractivity contribution >= 4 is 12.4 Å². The Hall–Kier alpha value is -1.08. The number of likely N-dealkylation sites (tertiary alicyclic amines) is 1. The quantitative estimate of drug-likeness (QED) is 0.911. The minimum Gasteiger partial charge on any atom is -0.330 e. The summed E-state index contributed by atoms with van der Waals surface area (Å²) in [5, 5.41) is 8.75. The van der Waals surface area contributed by atoms with Gasteiger partial charge in [-0.05, 0) is 43.5 Å². The third-order valence-electron chi connectivity index (χ3n) is 3.59. The van der Waals surface area contributed by atoms with Crippen molar-refractivity contribution in [1.29, 1.82) is 5.26 Å². The molecule has 3 nitrogen and oxygen atoms in total. The van der Waals surface area contributed by atoms with E-state index in [0.29, 0.717) is 12.0 Å². The van der Waals surface area contributed by atoms with Crippen molar-refractivity contribution in [2.45, 2.75) is 25.9 Å². The highest BCUT2D eigenvalue weighted by Gasteiger charge is 2.27. The highest BCUT2D eigenvalue weighted by molar-refractivity contribution is 5.85. The summed E-state index contributed by atoms with van der Waals surface area (Å²) in [7, 11) is 0. The van der Waals surface area contributed by atoms with Gasteiger partial charge in [0.25, 0.3) is 0 Å². The van der Waals surface area contributed by atoms with E-state index in [1.165, 1.54) is 12.0 Å². The molecule has 1 heterocycles. The molecule has 1 aromatic carbocycles. The number of nitriles is 1. The average Bonchev–Trinajstić information content (AvgIpc) is 2.71. The van der Waals surface area contributed by atoms with Crippen LogP contribution in [0.3, 0.4) is 0 Å². The molecule has 2 N–H and O–H groups in total. The predicted molar refractivity (Wildman–Crippen MR) is 75.4 cm³/mol. The van der Waals surface area contributed by atoms with Gasteiger partial charge in [0, 0.05) is 19.1 Å². The van der Waals surface area contributed by atoms with Gasteiger partial charge in [-0.3, -0.25) is 4.90 Å². The molecule has 0 aliphatic carbocycles. The van der Waals surface area contributed by atoms with Crippen molar-refractivity contribution in [3.8, 4) is 6.07 Å². The van der Waals surface area contributed by atoms with E-state index < -0.39 is 0 Å². The summed E-state index contributed by atoms with van der Waals surface area (Å²) in [6.07, 6.45) is 1.20. The maximum atomic E-state index is 8.75. The van der Waals surface area contributed by atoms with Gasteiger partial charge >= 0.3 is 0 Å². The summed E-state index contributed by atoms with van der Waals surface area (Å²) < 4.78 is 0. The zero-order chi connectivity index (χ0) is 12.3. The van der Waals surface area contributed by atoms with E-state index in [2.05, 4.69) is 17.9 Å². The van der Waals surface area contributed by atoms with Crippen molar-refractivity contribution in [2.24, 2.45) is 11.7 Å². The lowest BCUT2D eigenvalue weighted by Crippen LogP contribution is -2.27. The Bertz CT molecular complexity index is 410. The molecular weight excluding hydrogens is 246 g/mol. The largest absolute Gasteiger partial charge is 0.330 e. The van der Waals surface area contributed by atoms with Gasteiger partial charge in [-0.15, -0.1) is 12.4 Å². The maximum Gasteiger partial charge on any atom is 0.0991 e. The Morgan fingerprint density at radius 1 is 1.39 bits per heavy atom. The van der Waals surface area contributed by atoms with Gasteiger partial charge in [-0.2, -0.15) is 5.26 Å². The molecule has 0 spiro atoms. The fourth-order valence-corrected chi connectivity index (χ4v) is 2.53.